The molecule has 98 valence electrons. The van der Waals surface area contributed by atoms with Crippen molar-refractivity contribution in [2.24, 2.45) is 0 Å². The van der Waals surface area contributed by atoms with Crippen molar-refractivity contribution in [3.63, 3.8) is 0 Å². The van der Waals surface area contributed by atoms with Gasteiger partial charge in [-0.15, -0.1) is 0 Å². The average Bonchev–Trinajstić information content (AvgIpc) is 2.18. The molecule has 3 N–H and O–H groups in total. The molecule has 0 aromatic rings. The Bertz CT molecular complexity index is 425. The van der Waals surface area contributed by atoms with Crippen LogP contribution >= 0.6 is 0 Å². The molecule has 3 unspecified atom stereocenters. The number of ether oxygens (including phenoxy) is 1. The molecule has 3 atom stereocenters. The molecule has 1 heterocycles. The summed E-state index contributed by atoms with van der Waals surface area (Å²) in [4.78, 5) is 10.6. The summed E-state index contributed by atoms with van der Waals surface area (Å²) in [5.41, 5.74) is 0. The summed E-state index contributed by atoms with van der Waals surface area (Å²) in [7, 11) is -4.75. The maximum Gasteiger partial charge on any atom is 0.397 e. The molecule has 8 nitrogen and oxygen atoms in total. The van der Waals surface area contributed by atoms with Crippen molar-refractivity contribution >= 4 is 16.4 Å². The number of carboxylic acid groups (broad SMARTS) is 1. The summed E-state index contributed by atoms with van der Waals surface area (Å²) in [5.74, 6) is -1.87. The molecule has 1 rings (SSSR count). The van der Waals surface area contributed by atoms with Gasteiger partial charge in [0.05, 0.1) is 0 Å². The molecule has 0 spiro atoms. The minimum atomic E-state index is -4.75. The molecule has 1 aliphatic rings. The highest BCUT2D eigenvalue weighted by molar-refractivity contribution is 7.80. The number of hydrogen-bond donors (Lipinski definition) is 3. The van der Waals surface area contributed by atoms with Gasteiger partial charge in [-0.25, -0.2) is 8.98 Å². The van der Waals surface area contributed by atoms with Gasteiger partial charge in [0.25, 0.3) is 0 Å². The number of carboxylic acids is 1. The van der Waals surface area contributed by atoms with Crippen LogP contribution in [0.25, 0.3) is 0 Å². The fourth-order valence-corrected chi connectivity index (χ4v) is 1.95. The third kappa shape index (κ3) is 3.66. The minimum Gasteiger partial charge on any atom is -0.480 e. The number of hydrogen-bond acceptors (Lipinski definition) is 6. The van der Waals surface area contributed by atoms with E-state index in [1.54, 1.807) is 6.92 Å². The first-order valence-corrected chi connectivity index (χ1v) is 6.06. The van der Waals surface area contributed by atoms with Crippen LogP contribution in [-0.2, 0) is 24.1 Å². The third-order valence-corrected chi connectivity index (χ3v) is 2.61. The van der Waals surface area contributed by atoms with Crippen molar-refractivity contribution < 1.29 is 36.9 Å². The molecule has 0 fully saturated rings. The summed E-state index contributed by atoms with van der Waals surface area (Å²) >= 11 is 0. The van der Waals surface area contributed by atoms with Crippen molar-refractivity contribution in [2.45, 2.75) is 31.7 Å². The van der Waals surface area contributed by atoms with Crippen LogP contribution in [0.4, 0.5) is 0 Å². The first-order valence-electron chi connectivity index (χ1n) is 4.70. The van der Waals surface area contributed by atoms with Gasteiger partial charge in [-0.05, 0) is 12.5 Å². The van der Waals surface area contributed by atoms with Crippen molar-refractivity contribution in [3.05, 3.63) is 11.8 Å². The van der Waals surface area contributed by atoms with E-state index in [0.717, 1.165) is 6.08 Å². The summed E-state index contributed by atoms with van der Waals surface area (Å²) in [6, 6.07) is 0. The van der Waals surface area contributed by atoms with Crippen molar-refractivity contribution in [1.29, 1.82) is 0 Å². The molecular weight excluding hydrogens is 256 g/mol. The topological polar surface area (TPSA) is 130 Å². The van der Waals surface area contributed by atoms with Crippen molar-refractivity contribution in [3.8, 4) is 0 Å². The van der Waals surface area contributed by atoms with E-state index < -0.39 is 40.4 Å². The van der Waals surface area contributed by atoms with Gasteiger partial charge in [-0.2, -0.15) is 8.42 Å². The number of carbonyl (C=O) groups is 1. The van der Waals surface area contributed by atoms with Gasteiger partial charge in [0.1, 0.15) is 18.3 Å². The normalized spacial score (nSPS) is 29.4. The SMILES string of the molecule is CCC1OC(C(=O)O)=CC(O)C1OS(=O)(=O)O. The van der Waals surface area contributed by atoms with E-state index in [1.807, 2.05) is 0 Å². The zero-order valence-corrected chi connectivity index (χ0v) is 9.62. The van der Waals surface area contributed by atoms with E-state index in [-0.39, 0.29) is 6.42 Å². The lowest BCUT2D eigenvalue weighted by atomic mass is 10.0. The maximum absolute atomic E-state index is 10.6. The van der Waals surface area contributed by atoms with Gasteiger partial charge in [-0.1, -0.05) is 6.92 Å². The lowest BCUT2D eigenvalue weighted by molar-refractivity contribution is -0.142. The Hall–Kier alpha value is -1.16. The molecule has 0 saturated carbocycles. The van der Waals surface area contributed by atoms with Crippen molar-refractivity contribution in [2.75, 3.05) is 0 Å². The summed E-state index contributed by atoms with van der Waals surface area (Å²) in [6.07, 6.45) is -2.85. The van der Waals surface area contributed by atoms with Gasteiger partial charge in [-0.3, -0.25) is 4.55 Å². The standard InChI is InChI=1S/C8H12O8S/c1-2-5-7(16-17(12,13)14)4(9)3-6(15-5)8(10)11/h3-5,7,9H,2H2,1H3,(H,10,11)(H,12,13,14). The van der Waals surface area contributed by atoms with Gasteiger partial charge >= 0.3 is 16.4 Å². The molecule has 17 heavy (non-hydrogen) atoms. The molecule has 0 bridgehead atoms. The Morgan fingerprint density at radius 3 is 2.59 bits per heavy atom. The van der Waals surface area contributed by atoms with Gasteiger partial charge < -0.3 is 14.9 Å². The van der Waals surface area contributed by atoms with Gasteiger partial charge in [0, 0.05) is 0 Å². The van der Waals surface area contributed by atoms with Crippen LogP contribution in [0, 0.1) is 0 Å². The number of aliphatic carboxylic acids is 1. The largest absolute Gasteiger partial charge is 0.480 e. The monoisotopic (exact) mass is 268 g/mol. The fraction of sp³-hybridized carbons (Fsp3) is 0.625. The first-order chi connectivity index (χ1) is 7.74. The average molecular weight is 268 g/mol. The van der Waals surface area contributed by atoms with Crippen LogP contribution < -0.4 is 0 Å². The molecule has 9 heteroatoms. The Morgan fingerprint density at radius 2 is 2.18 bits per heavy atom. The molecular formula is C8H12O8S. The molecule has 0 aromatic heterocycles. The molecule has 0 aromatic carbocycles. The zero-order chi connectivity index (χ0) is 13.2. The molecule has 0 amide bonds. The van der Waals surface area contributed by atoms with Crippen LogP contribution in [0.3, 0.4) is 0 Å². The van der Waals surface area contributed by atoms with E-state index in [0.29, 0.717) is 0 Å². The third-order valence-electron chi connectivity index (χ3n) is 2.15. The highest BCUT2D eigenvalue weighted by Gasteiger charge is 2.38. The summed E-state index contributed by atoms with van der Waals surface area (Å²) in [6.45, 7) is 1.59. The Balaban J connectivity index is 2.95. The van der Waals surface area contributed by atoms with Crippen LogP contribution in [0.1, 0.15) is 13.3 Å². The number of rotatable bonds is 4. The second-order valence-corrected chi connectivity index (χ2v) is 4.43. The lowest BCUT2D eigenvalue weighted by Gasteiger charge is -2.32. The van der Waals surface area contributed by atoms with Crippen LogP contribution in [0.2, 0.25) is 0 Å². The Morgan fingerprint density at radius 1 is 1.59 bits per heavy atom. The molecule has 0 aliphatic carbocycles. The maximum atomic E-state index is 10.6. The van der Waals surface area contributed by atoms with E-state index in [1.165, 1.54) is 0 Å². The lowest BCUT2D eigenvalue weighted by Crippen LogP contribution is -2.45. The van der Waals surface area contributed by atoms with Crippen LogP contribution in [-0.4, -0.2) is 47.5 Å². The summed E-state index contributed by atoms with van der Waals surface area (Å²) < 4.78 is 38.8. The van der Waals surface area contributed by atoms with E-state index >= 15 is 0 Å². The molecule has 0 saturated heterocycles. The second-order valence-electron chi connectivity index (χ2n) is 3.38. The highest BCUT2D eigenvalue weighted by Crippen LogP contribution is 2.24. The van der Waals surface area contributed by atoms with Gasteiger partial charge in [0.15, 0.2) is 0 Å². The second kappa shape index (κ2) is 5.00. The molecule has 1 aliphatic heterocycles. The predicted octanol–water partition coefficient (Wildman–Crippen LogP) is -0.687. The van der Waals surface area contributed by atoms with Crippen LogP contribution in [0.15, 0.2) is 11.8 Å². The first kappa shape index (κ1) is 13.9. The minimum absolute atomic E-state index is 0.196. The van der Waals surface area contributed by atoms with Gasteiger partial charge in [0.2, 0.25) is 5.76 Å². The van der Waals surface area contributed by atoms with E-state index in [9.17, 15) is 18.3 Å². The van der Waals surface area contributed by atoms with Crippen LogP contribution in [0.5, 0.6) is 0 Å². The Labute approximate surface area is 97.4 Å². The zero-order valence-electron chi connectivity index (χ0n) is 8.81. The smallest absolute Gasteiger partial charge is 0.397 e. The fourth-order valence-electron chi connectivity index (χ4n) is 1.44. The number of aliphatic hydroxyl groups is 1. The predicted molar refractivity (Wildman–Crippen MR) is 53.3 cm³/mol. The number of aliphatic hydroxyl groups excluding tert-OH is 1. The van der Waals surface area contributed by atoms with Crippen molar-refractivity contribution in [1.82, 2.24) is 0 Å². The highest BCUT2D eigenvalue weighted by atomic mass is 32.3. The van der Waals surface area contributed by atoms with E-state index in [4.69, 9.17) is 14.4 Å². The van der Waals surface area contributed by atoms with E-state index in [2.05, 4.69) is 4.18 Å². The quantitative estimate of drug-likeness (QED) is 0.571. The molecule has 0 radical (unpaired) electrons. The Kier molecular flexibility index (Phi) is 4.09. The summed E-state index contributed by atoms with van der Waals surface area (Å²) in [5, 5.41) is 18.2.